The van der Waals surface area contributed by atoms with Crippen LogP contribution < -0.4 is 0 Å². The number of carbonyl (C=O) groups is 1. The van der Waals surface area contributed by atoms with E-state index in [1.54, 1.807) is 0 Å². The molecule has 1 aromatic rings. The fraction of sp³-hybridized carbons (Fsp3) is 0.714. The van der Waals surface area contributed by atoms with Crippen LogP contribution in [0.25, 0.3) is 0 Å². The number of hydrogen-bond donors (Lipinski definition) is 0. The van der Waals surface area contributed by atoms with Crippen LogP contribution >= 0.6 is 0 Å². The quantitative estimate of drug-likeness (QED) is 0.818. The molecule has 5 nitrogen and oxygen atoms in total. The summed E-state index contributed by atoms with van der Waals surface area (Å²) >= 11 is 0. The molecule has 2 rings (SSSR count). The zero-order chi connectivity index (χ0) is 14.2. The Balaban J connectivity index is 2.26. The van der Waals surface area contributed by atoms with Gasteiger partial charge in [-0.25, -0.2) is 0 Å². The smallest absolute Gasteiger partial charge is 0.257 e. The fourth-order valence-electron chi connectivity index (χ4n) is 2.82. The Morgan fingerprint density at radius 3 is 2.37 bits per heavy atom. The summed E-state index contributed by atoms with van der Waals surface area (Å²) in [6.07, 6.45) is 0.184. The molecule has 1 aliphatic heterocycles. The van der Waals surface area contributed by atoms with Crippen molar-refractivity contribution >= 4 is 5.91 Å². The molecule has 1 amide bonds. The summed E-state index contributed by atoms with van der Waals surface area (Å²) < 4.78 is 7.56. The molecule has 0 saturated carbocycles. The van der Waals surface area contributed by atoms with Crippen molar-refractivity contribution in [2.45, 2.75) is 53.4 Å². The third-order valence-corrected chi connectivity index (χ3v) is 3.60. The maximum Gasteiger partial charge on any atom is 0.257 e. The van der Waals surface area contributed by atoms with Gasteiger partial charge in [-0.15, -0.1) is 0 Å². The molecule has 0 aromatic carbocycles. The zero-order valence-electron chi connectivity index (χ0n) is 12.4. The molecule has 1 aliphatic rings. The van der Waals surface area contributed by atoms with E-state index in [0.29, 0.717) is 13.1 Å². The summed E-state index contributed by atoms with van der Waals surface area (Å²) in [7, 11) is 0. The average molecular weight is 265 g/mol. The first kappa shape index (κ1) is 14.1. The van der Waals surface area contributed by atoms with Gasteiger partial charge in [0, 0.05) is 25.3 Å². The number of morpholine rings is 1. The lowest BCUT2D eigenvalue weighted by molar-refractivity contribution is -0.0586. The Bertz CT molecular complexity index is 471. The van der Waals surface area contributed by atoms with E-state index in [0.717, 1.165) is 23.5 Å². The van der Waals surface area contributed by atoms with Crippen molar-refractivity contribution in [3.05, 3.63) is 17.0 Å². The molecule has 1 fully saturated rings. The van der Waals surface area contributed by atoms with Gasteiger partial charge in [0.05, 0.1) is 23.5 Å². The van der Waals surface area contributed by atoms with Gasteiger partial charge < -0.3 is 9.64 Å². The number of ether oxygens (including phenoxy) is 1. The van der Waals surface area contributed by atoms with E-state index in [-0.39, 0.29) is 18.1 Å². The lowest BCUT2D eigenvalue weighted by Gasteiger charge is -2.35. The summed E-state index contributed by atoms with van der Waals surface area (Å²) in [6, 6.07) is 0. The lowest BCUT2D eigenvalue weighted by atomic mass is 10.1. The van der Waals surface area contributed by atoms with Crippen LogP contribution in [0.2, 0.25) is 0 Å². The van der Waals surface area contributed by atoms with Crippen LogP contribution in [0, 0.1) is 13.8 Å². The second-order valence-corrected chi connectivity index (χ2v) is 5.33. The van der Waals surface area contributed by atoms with Crippen LogP contribution in [0.4, 0.5) is 0 Å². The number of amides is 1. The van der Waals surface area contributed by atoms with Crippen molar-refractivity contribution in [2.75, 3.05) is 13.1 Å². The van der Waals surface area contributed by atoms with Crippen molar-refractivity contribution in [2.24, 2.45) is 0 Å². The molecule has 19 heavy (non-hydrogen) atoms. The molecule has 0 spiro atoms. The maximum absolute atomic E-state index is 12.7. The number of aromatic nitrogens is 2. The largest absolute Gasteiger partial charge is 0.372 e. The van der Waals surface area contributed by atoms with Crippen molar-refractivity contribution in [1.82, 2.24) is 14.7 Å². The van der Waals surface area contributed by atoms with Crippen LogP contribution in [0.15, 0.2) is 0 Å². The predicted octanol–water partition coefficient (Wildman–Crippen LogP) is 1.77. The maximum atomic E-state index is 12.7. The molecule has 5 heteroatoms. The van der Waals surface area contributed by atoms with Gasteiger partial charge in [-0.1, -0.05) is 0 Å². The van der Waals surface area contributed by atoms with Crippen molar-refractivity contribution in [3.63, 3.8) is 0 Å². The first-order valence-corrected chi connectivity index (χ1v) is 6.92. The van der Waals surface area contributed by atoms with Gasteiger partial charge in [-0.05, 0) is 34.6 Å². The van der Waals surface area contributed by atoms with Crippen LogP contribution in [-0.4, -0.2) is 45.9 Å². The van der Waals surface area contributed by atoms with Gasteiger partial charge in [0.15, 0.2) is 0 Å². The van der Waals surface area contributed by atoms with Crippen molar-refractivity contribution < 1.29 is 9.53 Å². The first-order chi connectivity index (χ1) is 8.93. The molecular formula is C14H23N3O2. The predicted molar refractivity (Wildman–Crippen MR) is 73.3 cm³/mol. The molecule has 106 valence electrons. The van der Waals surface area contributed by atoms with E-state index in [1.165, 1.54) is 0 Å². The molecule has 0 radical (unpaired) electrons. The first-order valence-electron chi connectivity index (χ1n) is 6.92. The van der Waals surface area contributed by atoms with E-state index in [9.17, 15) is 4.79 Å². The lowest BCUT2D eigenvalue weighted by Crippen LogP contribution is -2.48. The summed E-state index contributed by atoms with van der Waals surface area (Å²) in [6.45, 7) is 12.0. The van der Waals surface area contributed by atoms with Crippen LogP contribution in [-0.2, 0) is 11.3 Å². The van der Waals surface area contributed by atoms with Crippen LogP contribution in [0.5, 0.6) is 0 Å². The molecular weight excluding hydrogens is 242 g/mol. The molecule has 0 aliphatic carbocycles. The SMILES string of the molecule is CCn1nc(C)c(C(=O)N2CC(C)OC(C)C2)c1C. The molecule has 1 aromatic heterocycles. The second-order valence-electron chi connectivity index (χ2n) is 5.33. The highest BCUT2D eigenvalue weighted by molar-refractivity contribution is 5.96. The van der Waals surface area contributed by atoms with E-state index in [2.05, 4.69) is 5.10 Å². The Kier molecular flexibility index (Phi) is 3.94. The summed E-state index contributed by atoms with van der Waals surface area (Å²) in [4.78, 5) is 14.6. The number of rotatable bonds is 2. The second kappa shape index (κ2) is 5.33. The van der Waals surface area contributed by atoms with Gasteiger partial charge >= 0.3 is 0 Å². The Hall–Kier alpha value is -1.36. The number of nitrogens with zero attached hydrogens (tertiary/aromatic N) is 3. The Morgan fingerprint density at radius 1 is 1.32 bits per heavy atom. The number of hydrogen-bond acceptors (Lipinski definition) is 3. The standard InChI is InChI=1S/C14H23N3O2/c1-6-17-12(5)13(11(4)15-17)14(18)16-7-9(2)19-10(3)8-16/h9-10H,6-8H2,1-5H3. The number of aryl methyl sites for hydroxylation is 2. The highest BCUT2D eigenvalue weighted by atomic mass is 16.5. The minimum Gasteiger partial charge on any atom is -0.372 e. The van der Waals surface area contributed by atoms with E-state index in [4.69, 9.17) is 4.74 Å². The van der Waals surface area contributed by atoms with Crippen LogP contribution in [0.1, 0.15) is 42.5 Å². The monoisotopic (exact) mass is 265 g/mol. The zero-order valence-corrected chi connectivity index (χ0v) is 12.4. The summed E-state index contributed by atoms with van der Waals surface area (Å²) in [5, 5.41) is 4.42. The fourth-order valence-corrected chi connectivity index (χ4v) is 2.82. The van der Waals surface area contributed by atoms with Crippen molar-refractivity contribution in [1.29, 1.82) is 0 Å². The molecule has 1 saturated heterocycles. The molecule has 2 unspecified atom stereocenters. The molecule has 0 N–H and O–H groups in total. The van der Waals surface area contributed by atoms with Gasteiger partial charge in [-0.2, -0.15) is 5.10 Å². The third kappa shape index (κ3) is 2.66. The minimum atomic E-state index is 0.0803. The normalized spacial score (nSPS) is 23.7. The Morgan fingerprint density at radius 2 is 1.89 bits per heavy atom. The molecule has 2 atom stereocenters. The molecule has 0 bridgehead atoms. The minimum absolute atomic E-state index is 0.0803. The van der Waals surface area contributed by atoms with Gasteiger partial charge in [0.25, 0.3) is 5.91 Å². The summed E-state index contributed by atoms with van der Waals surface area (Å²) in [5.41, 5.74) is 2.52. The van der Waals surface area contributed by atoms with Gasteiger partial charge in [0.2, 0.25) is 0 Å². The summed E-state index contributed by atoms with van der Waals surface area (Å²) in [5.74, 6) is 0.0803. The average Bonchev–Trinajstić information content (AvgIpc) is 2.62. The van der Waals surface area contributed by atoms with E-state index < -0.39 is 0 Å². The Labute approximate surface area is 114 Å². The van der Waals surface area contributed by atoms with Gasteiger partial charge in [-0.3, -0.25) is 9.48 Å². The number of carbonyl (C=O) groups excluding carboxylic acids is 1. The third-order valence-electron chi connectivity index (χ3n) is 3.60. The van der Waals surface area contributed by atoms with E-state index in [1.807, 2.05) is 44.2 Å². The highest BCUT2D eigenvalue weighted by Gasteiger charge is 2.29. The van der Waals surface area contributed by atoms with Crippen molar-refractivity contribution in [3.8, 4) is 0 Å². The van der Waals surface area contributed by atoms with E-state index >= 15 is 0 Å². The highest BCUT2D eigenvalue weighted by Crippen LogP contribution is 2.19. The van der Waals surface area contributed by atoms with Crippen LogP contribution in [0.3, 0.4) is 0 Å². The molecule has 2 heterocycles. The topological polar surface area (TPSA) is 47.4 Å². The van der Waals surface area contributed by atoms with Gasteiger partial charge in [0.1, 0.15) is 0 Å².